The predicted octanol–water partition coefficient (Wildman–Crippen LogP) is 0.773. The number of nitrogens with zero attached hydrogens (tertiary/aromatic N) is 2. The van der Waals surface area contributed by atoms with E-state index in [1.165, 1.54) is 0 Å². The van der Waals surface area contributed by atoms with Gasteiger partial charge in [-0.3, -0.25) is 14.5 Å². The normalized spacial score (nSPS) is 24.6. The van der Waals surface area contributed by atoms with Gasteiger partial charge in [-0.05, 0) is 25.5 Å². The number of piperazine rings is 1. The van der Waals surface area contributed by atoms with Crippen LogP contribution in [0.25, 0.3) is 0 Å². The lowest BCUT2D eigenvalue weighted by molar-refractivity contribution is -0.138. The number of methoxy groups -OCH3 is 1. The minimum absolute atomic E-state index is 0.0429. The molecule has 7 heteroatoms. The fourth-order valence-corrected chi connectivity index (χ4v) is 3.67. The van der Waals surface area contributed by atoms with Crippen LogP contribution in [-0.4, -0.2) is 67.6 Å². The van der Waals surface area contributed by atoms with Crippen LogP contribution < -0.4 is 5.32 Å². The fourth-order valence-electron chi connectivity index (χ4n) is 3.67. The van der Waals surface area contributed by atoms with E-state index in [1.807, 2.05) is 28.9 Å². The molecule has 0 aliphatic carbocycles. The van der Waals surface area contributed by atoms with E-state index in [0.717, 1.165) is 37.6 Å². The zero-order chi connectivity index (χ0) is 17.8. The Morgan fingerprint density at radius 3 is 2.96 bits per heavy atom. The Hall–Kier alpha value is -1.86. The molecule has 0 radical (unpaired) electrons. The Labute approximate surface area is 148 Å². The molecule has 0 saturated carbocycles. The molecule has 2 aliphatic rings. The molecule has 3 heterocycles. The van der Waals surface area contributed by atoms with Gasteiger partial charge in [-0.2, -0.15) is 0 Å². The van der Waals surface area contributed by atoms with Gasteiger partial charge in [0, 0.05) is 39.2 Å². The first kappa shape index (κ1) is 17.9. The summed E-state index contributed by atoms with van der Waals surface area (Å²) >= 11 is 0. The second-order valence-electron chi connectivity index (χ2n) is 6.94. The summed E-state index contributed by atoms with van der Waals surface area (Å²) < 4.78 is 10.8. The Morgan fingerprint density at radius 1 is 1.40 bits per heavy atom. The molecule has 3 rings (SSSR count). The van der Waals surface area contributed by atoms with E-state index < -0.39 is 6.04 Å². The summed E-state index contributed by atoms with van der Waals surface area (Å²) in [6.45, 7) is 5.91. The van der Waals surface area contributed by atoms with Crippen LogP contribution in [0.1, 0.15) is 24.4 Å². The van der Waals surface area contributed by atoms with Gasteiger partial charge in [-0.15, -0.1) is 0 Å². The maximum absolute atomic E-state index is 12.7. The topological polar surface area (TPSA) is 75.0 Å². The Bertz CT molecular complexity index is 615. The third-order valence-corrected chi connectivity index (χ3v) is 5.01. The molecule has 2 amide bonds. The molecule has 0 aromatic carbocycles. The second kappa shape index (κ2) is 8.01. The molecule has 138 valence electrons. The van der Waals surface area contributed by atoms with E-state index >= 15 is 0 Å². The molecule has 2 fully saturated rings. The van der Waals surface area contributed by atoms with Crippen molar-refractivity contribution in [1.82, 2.24) is 15.1 Å². The van der Waals surface area contributed by atoms with Crippen molar-refractivity contribution in [2.45, 2.75) is 32.4 Å². The maximum atomic E-state index is 12.7. The van der Waals surface area contributed by atoms with E-state index in [-0.39, 0.29) is 18.2 Å². The minimum atomic E-state index is -0.437. The SMILES string of the molecule is COCC1CCN(C(=O)CC2C(=O)NCCN2Cc2ccc(C)o2)C1. The Balaban J connectivity index is 1.61. The average Bonchev–Trinajstić information content (AvgIpc) is 3.20. The molecule has 2 atom stereocenters. The van der Waals surface area contributed by atoms with Crippen molar-refractivity contribution in [3.63, 3.8) is 0 Å². The minimum Gasteiger partial charge on any atom is -0.465 e. The standard InChI is InChI=1S/C18H27N3O4/c1-13-3-4-15(25-13)11-20-8-6-19-18(23)16(20)9-17(22)21-7-5-14(10-21)12-24-2/h3-4,14,16H,5-12H2,1-2H3,(H,19,23). The zero-order valence-electron chi connectivity index (χ0n) is 15.0. The zero-order valence-corrected chi connectivity index (χ0v) is 15.0. The number of likely N-dealkylation sites (tertiary alicyclic amines) is 1. The van der Waals surface area contributed by atoms with E-state index in [9.17, 15) is 9.59 Å². The summed E-state index contributed by atoms with van der Waals surface area (Å²) in [5.41, 5.74) is 0. The summed E-state index contributed by atoms with van der Waals surface area (Å²) in [4.78, 5) is 28.9. The molecule has 1 aromatic rings. The molecule has 2 aliphatic heterocycles. The van der Waals surface area contributed by atoms with Gasteiger partial charge in [0.1, 0.15) is 11.5 Å². The van der Waals surface area contributed by atoms with Gasteiger partial charge >= 0.3 is 0 Å². The van der Waals surface area contributed by atoms with Crippen LogP contribution in [0.15, 0.2) is 16.5 Å². The van der Waals surface area contributed by atoms with Gasteiger partial charge in [0.25, 0.3) is 0 Å². The molecular weight excluding hydrogens is 322 g/mol. The lowest BCUT2D eigenvalue weighted by Gasteiger charge is -2.34. The molecule has 2 unspecified atom stereocenters. The number of carbonyl (C=O) groups excluding carboxylic acids is 2. The van der Waals surface area contributed by atoms with Crippen LogP contribution in [0.5, 0.6) is 0 Å². The maximum Gasteiger partial charge on any atom is 0.237 e. The summed E-state index contributed by atoms with van der Waals surface area (Å²) in [6, 6.07) is 3.41. The summed E-state index contributed by atoms with van der Waals surface area (Å²) in [5.74, 6) is 2.05. The Morgan fingerprint density at radius 2 is 2.24 bits per heavy atom. The summed E-state index contributed by atoms with van der Waals surface area (Å²) in [5, 5.41) is 2.88. The highest BCUT2D eigenvalue weighted by molar-refractivity contribution is 5.89. The predicted molar refractivity (Wildman–Crippen MR) is 91.8 cm³/mol. The number of furan rings is 1. The number of amides is 2. The first-order chi connectivity index (χ1) is 12.1. The van der Waals surface area contributed by atoms with E-state index in [4.69, 9.17) is 9.15 Å². The number of carbonyl (C=O) groups is 2. The van der Waals surface area contributed by atoms with E-state index in [0.29, 0.717) is 25.6 Å². The monoisotopic (exact) mass is 349 g/mol. The number of rotatable bonds is 6. The molecule has 0 spiro atoms. The molecule has 1 N–H and O–H groups in total. The number of nitrogens with one attached hydrogen (secondary N) is 1. The van der Waals surface area contributed by atoms with Crippen LogP contribution in [0, 0.1) is 12.8 Å². The van der Waals surface area contributed by atoms with Crippen LogP contribution >= 0.6 is 0 Å². The highest BCUT2D eigenvalue weighted by atomic mass is 16.5. The molecule has 0 bridgehead atoms. The fraction of sp³-hybridized carbons (Fsp3) is 0.667. The van der Waals surface area contributed by atoms with Gasteiger partial charge in [0.2, 0.25) is 11.8 Å². The second-order valence-corrected chi connectivity index (χ2v) is 6.94. The van der Waals surface area contributed by atoms with Crippen molar-refractivity contribution in [2.24, 2.45) is 5.92 Å². The van der Waals surface area contributed by atoms with Gasteiger partial charge in [-0.25, -0.2) is 0 Å². The number of hydrogen-bond donors (Lipinski definition) is 1. The van der Waals surface area contributed by atoms with Crippen molar-refractivity contribution < 1.29 is 18.7 Å². The number of aryl methyl sites for hydroxylation is 1. The van der Waals surface area contributed by atoms with Gasteiger partial charge in [0.05, 0.1) is 25.6 Å². The van der Waals surface area contributed by atoms with Crippen molar-refractivity contribution in [3.05, 3.63) is 23.7 Å². The quantitative estimate of drug-likeness (QED) is 0.821. The third-order valence-electron chi connectivity index (χ3n) is 5.01. The number of hydrogen-bond acceptors (Lipinski definition) is 5. The average molecular weight is 349 g/mol. The van der Waals surface area contributed by atoms with Crippen molar-refractivity contribution >= 4 is 11.8 Å². The highest BCUT2D eigenvalue weighted by Crippen LogP contribution is 2.20. The lowest BCUT2D eigenvalue weighted by atomic mass is 10.1. The van der Waals surface area contributed by atoms with E-state index in [2.05, 4.69) is 5.32 Å². The smallest absolute Gasteiger partial charge is 0.237 e. The molecule has 2 saturated heterocycles. The number of ether oxygens (including phenoxy) is 1. The first-order valence-electron chi connectivity index (χ1n) is 8.90. The molecule has 7 nitrogen and oxygen atoms in total. The lowest BCUT2D eigenvalue weighted by Crippen LogP contribution is -2.56. The molecular formula is C18H27N3O4. The third kappa shape index (κ3) is 4.41. The summed E-state index contributed by atoms with van der Waals surface area (Å²) in [6.07, 6.45) is 1.18. The van der Waals surface area contributed by atoms with Crippen molar-refractivity contribution in [2.75, 3.05) is 39.9 Å². The first-order valence-corrected chi connectivity index (χ1v) is 8.90. The highest BCUT2D eigenvalue weighted by Gasteiger charge is 2.35. The van der Waals surface area contributed by atoms with Gasteiger partial charge in [-0.1, -0.05) is 0 Å². The molecule has 1 aromatic heterocycles. The van der Waals surface area contributed by atoms with Crippen molar-refractivity contribution in [1.29, 1.82) is 0 Å². The Kier molecular flexibility index (Phi) is 5.75. The largest absolute Gasteiger partial charge is 0.465 e. The molecule has 25 heavy (non-hydrogen) atoms. The van der Waals surface area contributed by atoms with Crippen LogP contribution in [0.2, 0.25) is 0 Å². The van der Waals surface area contributed by atoms with Crippen LogP contribution in [0.4, 0.5) is 0 Å². The van der Waals surface area contributed by atoms with Gasteiger partial charge < -0.3 is 19.4 Å². The van der Waals surface area contributed by atoms with Crippen LogP contribution in [-0.2, 0) is 20.9 Å². The van der Waals surface area contributed by atoms with Gasteiger partial charge in [0.15, 0.2) is 0 Å². The summed E-state index contributed by atoms with van der Waals surface area (Å²) in [7, 11) is 1.69. The van der Waals surface area contributed by atoms with Crippen molar-refractivity contribution in [3.8, 4) is 0 Å². The van der Waals surface area contributed by atoms with E-state index in [1.54, 1.807) is 7.11 Å². The van der Waals surface area contributed by atoms with Crippen LogP contribution in [0.3, 0.4) is 0 Å².